The highest BCUT2D eigenvalue weighted by Crippen LogP contribution is 2.26. The van der Waals surface area contributed by atoms with E-state index in [-0.39, 0.29) is 0 Å². The number of fused-ring (bicyclic) bond motifs is 1. The first-order valence-electron chi connectivity index (χ1n) is 5.15. The van der Waals surface area contributed by atoms with Gasteiger partial charge in [-0.3, -0.25) is 4.79 Å². The normalized spacial score (nSPS) is 42.4. The van der Waals surface area contributed by atoms with Crippen LogP contribution in [-0.2, 0) is 4.79 Å². The van der Waals surface area contributed by atoms with E-state index in [4.69, 9.17) is 0 Å². The maximum absolute atomic E-state index is 11.6. The number of piperidine rings is 1. The van der Waals surface area contributed by atoms with Crippen molar-refractivity contribution >= 4 is 5.78 Å². The zero-order valence-corrected chi connectivity index (χ0v) is 7.75. The van der Waals surface area contributed by atoms with Gasteiger partial charge in [0.2, 0.25) is 0 Å². The third-order valence-corrected chi connectivity index (χ3v) is 3.33. The van der Waals surface area contributed by atoms with Crippen molar-refractivity contribution in [2.24, 2.45) is 5.92 Å². The van der Waals surface area contributed by atoms with Gasteiger partial charge in [-0.1, -0.05) is 6.42 Å². The molecule has 2 aliphatic rings. The summed E-state index contributed by atoms with van der Waals surface area (Å²) in [6, 6.07) is 1.17. The Bertz CT molecular complexity index is 190. The van der Waals surface area contributed by atoms with Gasteiger partial charge in [-0.05, 0) is 19.8 Å². The average Bonchev–Trinajstić information content (AvgIpc) is 2.04. The average molecular weight is 168 g/mol. The smallest absolute Gasteiger partial charge is 0.147 e. The van der Waals surface area contributed by atoms with Crippen LogP contribution in [0.2, 0.25) is 0 Å². The molecule has 1 heterocycles. The topological polar surface area (TPSA) is 33.7 Å². The van der Waals surface area contributed by atoms with E-state index in [1.54, 1.807) is 0 Å². The van der Waals surface area contributed by atoms with Gasteiger partial charge in [0, 0.05) is 6.42 Å². The highest BCUT2D eigenvalue weighted by Gasteiger charge is 2.39. The molecule has 0 aromatic heterocycles. The number of nitrogens with two attached hydrogens (primary N) is 1. The van der Waals surface area contributed by atoms with E-state index in [1.165, 1.54) is 19.3 Å². The lowest BCUT2D eigenvalue weighted by Gasteiger charge is -2.34. The van der Waals surface area contributed by atoms with Crippen molar-refractivity contribution in [3.8, 4) is 0 Å². The molecule has 2 fully saturated rings. The largest absolute Gasteiger partial charge is 0.341 e. The van der Waals surface area contributed by atoms with Crippen molar-refractivity contribution in [1.29, 1.82) is 0 Å². The van der Waals surface area contributed by atoms with Gasteiger partial charge in [-0.2, -0.15) is 0 Å². The second kappa shape index (κ2) is 3.17. The fourth-order valence-electron chi connectivity index (χ4n) is 2.75. The number of Topliss-reactive ketones (excluding diaryl/α,β-unsaturated/α-hetero) is 1. The van der Waals surface area contributed by atoms with Gasteiger partial charge in [0.1, 0.15) is 5.78 Å². The molecule has 3 atom stereocenters. The molecule has 1 saturated heterocycles. The number of carbonyl (C=O) groups is 1. The first kappa shape index (κ1) is 8.24. The van der Waals surface area contributed by atoms with E-state index in [2.05, 4.69) is 12.2 Å². The minimum absolute atomic E-state index is 0.412. The summed E-state index contributed by atoms with van der Waals surface area (Å²) in [5.74, 6) is 0.949. The van der Waals surface area contributed by atoms with Crippen LogP contribution in [0.3, 0.4) is 0 Å². The number of hydrogen-bond acceptors (Lipinski definition) is 1. The van der Waals surface area contributed by atoms with E-state index in [1.807, 2.05) is 0 Å². The Balaban J connectivity index is 2.06. The molecule has 0 spiro atoms. The standard InChI is InChI=1S/C10H17NO/c1-7-6-10(12)8-4-2-3-5-9(8)11-7/h7-9,11H,2-6H2,1H3/p+1/t7-,8-,9+/m1/s1. The molecule has 1 saturated carbocycles. The van der Waals surface area contributed by atoms with Crippen LogP contribution in [0.4, 0.5) is 0 Å². The fraction of sp³-hybridized carbons (Fsp3) is 0.900. The first-order valence-corrected chi connectivity index (χ1v) is 5.15. The fourth-order valence-corrected chi connectivity index (χ4v) is 2.75. The Morgan fingerprint density at radius 3 is 2.92 bits per heavy atom. The summed E-state index contributed by atoms with van der Waals surface area (Å²) >= 11 is 0. The summed E-state index contributed by atoms with van der Waals surface area (Å²) < 4.78 is 0. The monoisotopic (exact) mass is 168 g/mol. The van der Waals surface area contributed by atoms with Gasteiger partial charge in [-0.25, -0.2) is 0 Å². The highest BCUT2D eigenvalue weighted by atomic mass is 16.1. The number of hydrogen-bond donors (Lipinski definition) is 1. The van der Waals surface area contributed by atoms with Crippen LogP contribution >= 0.6 is 0 Å². The summed E-state index contributed by atoms with van der Waals surface area (Å²) in [5, 5.41) is 2.42. The van der Waals surface area contributed by atoms with Crippen LogP contribution in [-0.4, -0.2) is 17.9 Å². The van der Waals surface area contributed by atoms with Crippen molar-refractivity contribution in [2.75, 3.05) is 0 Å². The molecule has 68 valence electrons. The molecule has 2 heteroatoms. The van der Waals surface area contributed by atoms with Crippen LogP contribution < -0.4 is 5.32 Å². The van der Waals surface area contributed by atoms with Gasteiger partial charge in [0.15, 0.2) is 0 Å². The summed E-state index contributed by atoms with van der Waals surface area (Å²) in [5.41, 5.74) is 0. The van der Waals surface area contributed by atoms with Crippen molar-refractivity contribution in [2.45, 2.75) is 51.1 Å². The van der Waals surface area contributed by atoms with Crippen LogP contribution in [0.25, 0.3) is 0 Å². The lowest BCUT2D eigenvalue weighted by molar-refractivity contribution is -0.728. The number of ketones is 1. The second-order valence-electron chi connectivity index (χ2n) is 4.39. The Morgan fingerprint density at radius 2 is 2.08 bits per heavy atom. The third kappa shape index (κ3) is 1.40. The van der Waals surface area contributed by atoms with E-state index in [9.17, 15) is 4.79 Å². The van der Waals surface area contributed by atoms with Crippen LogP contribution in [0, 0.1) is 5.92 Å². The van der Waals surface area contributed by atoms with E-state index < -0.39 is 0 Å². The molecule has 12 heavy (non-hydrogen) atoms. The molecule has 1 aliphatic heterocycles. The number of quaternary nitrogens is 1. The van der Waals surface area contributed by atoms with E-state index >= 15 is 0 Å². The van der Waals surface area contributed by atoms with Crippen molar-refractivity contribution < 1.29 is 10.1 Å². The molecule has 0 aromatic carbocycles. The first-order chi connectivity index (χ1) is 5.77. The SMILES string of the molecule is C[C@@H]1CC(=O)[C@@H]2CCCC[C@@H]2[NH2+]1. The molecule has 0 radical (unpaired) electrons. The molecular weight excluding hydrogens is 150 g/mol. The van der Waals surface area contributed by atoms with Gasteiger partial charge < -0.3 is 5.32 Å². The molecule has 1 aliphatic carbocycles. The third-order valence-electron chi connectivity index (χ3n) is 3.33. The van der Waals surface area contributed by atoms with Crippen LogP contribution in [0.1, 0.15) is 39.0 Å². The predicted octanol–water partition coefficient (Wildman–Crippen LogP) is 0.470. The molecule has 2 N–H and O–H groups in total. The van der Waals surface area contributed by atoms with Crippen molar-refractivity contribution in [3.05, 3.63) is 0 Å². The van der Waals surface area contributed by atoms with Crippen LogP contribution in [0.15, 0.2) is 0 Å². The van der Waals surface area contributed by atoms with Gasteiger partial charge in [0.25, 0.3) is 0 Å². The minimum atomic E-state index is 0.412. The predicted molar refractivity (Wildman–Crippen MR) is 46.8 cm³/mol. The maximum Gasteiger partial charge on any atom is 0.147 e. The Labute approximate surface area is 73.7 Å². The second-order valence-corrected chi connectivity index (χ2v) is 4.39. The van der Waals surface area contributed by atoms with E-state index in [0.717, 1.165) is 12.8 Å². The van der Waals surface area contributed by atoms with Crippen molar-refractivity contribution in [3.63, 3.8) is 0 Å². The summed E-state index contributed by atoms with van der Waals surface area (Å²) in [4.78, 5) is 11.6. The number of rotatable bonds is 0. The van der Waals surface area contributed by atoms with Crippen molar-refractivity contribution in [1.82, 2.24) is 0 Å². The van der Waals surface area contributed by atoms with Crippen LogP contribution in [0.5, 0.6) is 0 Å². The van der Waals surface area contributed by atoms with Gasteiger partial charge in [0.05, 0.1) is 24.4 Å². The Morgan fingerprint density at radius 1 is 1.33 bits per heavy atom. The highest BCUT2D eigenvalue weighted by molar-refractivity contribution is 5.82. The molecule has 0 amide bonds. The maximum atomic E-state index is 11.6. The van der Waals surface area contributed by atoms with Gasteiger partial charge in [-0.15, -0.1) is 0 Å². The van der Waals surface area contributed by atoms with E-state index in [0.29, 0.717) is 23.8 Å². The molecule has 2 nitrogen and oxygen atoms in total. The summed E-state index contributed by atoms with van der Waals surface area (Å²) in [6.07, 6.45) is 5.83. The quantitative estimate of drug-likeness (QED) is 0.560. The molecular formula is C10H18NO+. The zero-order chi connectivity index (χ0) is 8.55. The minimum Gasteiger partial charge on any atom is -0.341 e. The molecule has 0 bridgehead atoms. The number of carbonyl (C=O) groups excluding carboxylic acids is 1. The summed E-state index contributed by atoms with van der Waals surface area (Å²) in [7, 11) is 0. The molecule has 0 unspecified atom stereocenters. The molecule has 0 aromatic rings. The zero-order valence-electron chi connectivity index (χ0n) is 7.75. The summed E-state index contributed by atoms with van der Waals surface area (Å²) in [6.45, 7) is 2.17. The Hall–Kier alpha value is -0.370. The lowest BCUT2D eigenvalue weighted by Crippen LogP contribution is -2.98. The lowest BCUT2D eigenvalue weighted by atomic mass is 9.77. The molecule has 2 rings (SSSR count). The Kier molecular flexibility index (Phi) is 2.18. The van der Waals surface area contributed by atoms with Gasteiger partial charge >= 0.3 is 0 Å².